The zero-order valence-corrected chi connectivity index (χ0v) is 11.3. The van der Waals surface area contributed by atoms with Gasteiger partial charge in [0.2, 0.25) is 0 Å². The Morgan fingerprint density at radius 2 is 2.05 bits per heavy atom. The smallest absolute Gasteiger partial charge is 0.273 e. The van der Waals surface area contributed by atoms with E-state index in [1.165, 1.54) is 12.1 Å². The van der Waals surface area contributed by atoms with Crippen LogP contribution >= 0.6 is 0 Å². The third kappa shape index (κ3) is 3.23. The molecule has 104 valence electrons. The predicted octanol–water partition coefficient (Wildman–Crippen LogP) is 3.20. The van der Waals surface area contributed by atoms with Crippen LogP contribution in [0.2, 0.25) is 0 Å². The molecule has 0 fully saturated rings. The molecule has 1 aromatic carbocycles. The van der Waals surface area contributed by atoms with E-state index in [0.29, 0.717) is 11.4 Å². The lowest BCUT2D eigenvalue weighted by Crippen LogP contribution is -2.07. The summed E-state index contributed by atoms with van der Waals surface area (Å²) in [7, 11) is 1.73. The Balaban J connectivity index is 2.24. The maximum absolute atomic E-state index is 10.9. The molecule has 1 aromatic heterocycles. The van der Waals surface area contributed by atoms with Crippen molar-refractivity contribution in [3.05, 3.63) is 58.4 Å². The summed E-state index contributed by atoms with van der Waals surface area (Å²) < 4.78 is 0. The fourth-order valence-corrected chi connectivity index (χ4v) is 1.91. The Morgan fingerprint density at radius 3 is 2.65 bits per heavy atom. The number of benzene rings is 1. The number of nitro groups is 1. The monoisotopic (exact) mass is 272 g/mol. The van der Waals surface area contributed by atoms with Gasteiger partial charge in [0.25, 0.3) is 5.69 Å². The van der Waals surface area contributed by atoms with Crippen molar-refractivity contribution in [3.8, 4) is 0 Å². The van der Waals surface area contributed by atoms with Crippen LogP contribution in [0.4, 0.5) is 17.1 Å². The molecule has 0 radical (unpaired) electrons. The Kier molecular flexibility index (Phi) is 4.14. The van der Waals surface area contributed by atoms with Gasteiger partial charge in [-0.05, 0) is 24.6 Å². The molecule has 6 nitrogen and oxygen atoms in total. The van der Waals surface area contributed by atoms with E-state index in [1.807, 2.05) is 25.1 Å². The summed E-state index contributed by atoms with van der Waals surface area (Å²) in [6.07, 6.45) is 3.48. The lowest BCUT2D eigenvalue weighted by Gasteiger charge is -2.16. The van der Waals surface area contributed by atoms with Gasteiger partial charge in [-0.25, -0.2) is 0 Å². The maximum Gasteiger partial charge on any atom is 0.273 e. The van der Waals surface area contributed by atoms with Gasteiger partial charge >= 0.3 is 0 Å². The van der Waals surface area contributed by atoms with Gasteiger partial charge in [0.15, 0.2) is 0 Å². The number of nitrogens with one attached hydrogen (secondary N) is 2. The fraction of sp³-hybridized carbons (Fsp3) is 0.214. The quantitative estimate of drug-likeness (QED) is 0.645. The van der Waals surface area contributed by atoms with Gasteiger partial charge in [0.05, 0.1) is 11.0 Å². The van der Waals surface area contributed by atoms with Crippen LogP contribution in [0.5, 0.6) is 0 Å². The number of hydrogen-bond donors (Lipinski definition) is 2. The third-order valence-corrected chi connectivity index (χ3v) is 2.98. The second-order valence-corrected chi connectivity index (χ2v) is 4.43. The van der Waals surface area contributed by atoms with Crippen LogP contribution in [-0.4, -0.2) is 17.0 Å². The van der Waals surface area contributed by atoms with Crippen LogP contribution in [0.15, 0.2) is 42.7 Å². The molecule has 0 bridgehead atoms. The molecular formula is C14H16N4O2. The van der Waals surface area contributed by atoms with Crippen molar-refractivity contribution in [3.63, 3.8) is 0 Å². The van der Waals surface area contributed by atoms with Crippen molar-refractivity contribution in [1.82, 2.24) is 4.98 Å². The number of hydrogen-bond acceptors (Lipinski definition) is 5. The van der Waals surface area contributed by atoms with E-state index in [1.54, 1.807) is 19.4 Å². The molecular weight excluding hydrogens is 256 g/mol. The van der Waals surface area contributed by atoms with Gasteiger partial charge in [-0.3, -0.25) is 15.1 Å². The number of nitrogens with zero attached hydrogens (tertiary/aromatic N) is 2. The summed E-state index contributed by atoms with van der Waals surface area (Å²) >= 11 is 0. The van der Waals surface area contributed by atoms with Gasteiger partial charge in [-0.1, -0.05) is 6.07 Å². The molecule has 1 unspecified atom stereocenters. The Bertz CT molecular complexity index is 601. The highest BCUT2D eigenvalue weighted by molar-refractivity contribution is 5.63. The van der Waals surface area contributed by atoms with Gasteiger partial charge in [0.1, 0.15) is 0 Å². The van der Waals surface area contributed by atoms with Crippen LogP contribution < -0.4 is 10.6 Å². The van der Waals surface area contributed by atoms with E-state index in [0.717, 1.165) is 5.56 Å². The summed E-state index contributed by atoms with van der Waals surface area (Å²) in [6, 6.07) is 8.68. The van der Waals surface area contributed by atoms with Gasteiger partial charge in [-0.2, -0.15) is 0 Å². The molecule has 20 heavy (non-hydrogen) atoms. The maximum atomic E-state index is 10.9. The molecule has 2 aromatic rings. The second kappa shape index (κ2) is 6.01. The van der Waals surface area contributed by atoms with Crippen molar-refractivity contribution in [2.75, 3.05) is 17.7 Å². The van der Waals surface area contributed by atoms with Crippen molar-refractivity contribution < 1.29 is 4.92 Å². The number of rotatable bonds is 5. The minimum absolute atomic E-state index is 0.00964. The molecule has 0 amide bonds. The topological polar surface area (TPSA) is 80.1 Å². The molecule has 2 N–H and O–H groups in total. The Morgan fingerprint density at radius 1 is 1.30 bits per heavy atom. The van der Waals surface area contributed by atoms with Crippen molar-refractivity contribution in [2.24, 2.45) is 0 Å². The predicted molar refractivity (Wildman–Crippen MR) is 78.9 cm³/mol. The van der Waals surface area contributed by atoms with E-state index in [4.69, 9.17) is 0 Å². The largest absolute Gasteiger partial charge is 0.388 e. The number of pyridine rings is 1. The lowest BCUT2D eigenvalue weighted by atomic mass is 10.1. The Hall–Kier alpha value is -2.63. The fourth-order valence-electron chi connectivity index (χ4n) is 1.91. The highest BCUT2D eigenvalue weighted by Crippen LogP contribution is 2.26. The van der Waals surface area contributed by atoms with Crippen LogP contribution in [-0.2, 0) is 0 Å². The SMILES string of the molecule is CNc1cc(NC(C)c2cccnc2)cc([N+](=O)[O-])c1. The minimum Gasteiger partial charge on any atom is -0.388 e. The standard InChI is InChI=1S/C14H16N4O2/c1-10(11-4-3-5-16-9-11)17-13-6-12(15-2)7-14(8-13)18(19)20/h3-10,15,17H,1-2H3. The van der Waals surface area contributed by atoms with E-state index < -0.39 is 4.92 Å². The van der Waals surface area contributed by atoms with Crippen LogP contribution in [0.1, 0.15) is 18.5 Å². The Labute approximate surface area is 117 Å². The zero-order chi connectivity index (χ0) is 14.5. The molecule has 0 saturated heterocycles. The summed E-state index contributed by atoms with van der Waals surface area (Å²) in [5.41, 5.74) is 2.46. The van der Waals surface area contributed by atoms with Crippen molar-refractivity contribution in [2.45, 2.75) is 13.0 Å². The molecule has 0 aliphatic rings. The van der Waals surface area contributed by atoms with Crippen LogP contribution in [0, 0.1) is 10.1 Å². The number of aromatic nitrogens is 1. The summed E-state index contributed by atoms with van der Waals surface area (Å²) in [5.74, 6) is 0. The van der Waals surface area contributed by atoms with E-state index in [-0.39, 0.29) is 11.7 Å². The highest BCUT2D eigenvalue weighted by atomic mass is 16.6. The molecule has 2 rings (SSSR count). The van der Waals surface area contributed by atoms with Gasteiger partial charge in [-0.15, -0.1) is 0 Å². The van der Waals surface area contributed by atoms with Gasteiger partial charge < -0.3 is 10.6 Å². The summed E-state index contributed by atoms with van der Waals surface area (Å²) in [6.45, 7) is 1.98. The average molecular weight is 272 g/mol. The second-order valence-electron chi connectivity index (χ2n) is 4.43. The number of non-ortho nitro benzene ring substituents is 1. The number of anilines is 2. The van der Waals surface area contributed by atoms with Crippen LogP contribution in [0.3, 0.4) is 0 Å². The zero-order valence-electron chi connectivity index (χ0n) is 11.3. The minimum atomic E-state index is -0.402. The normalized spacial score (nSPS) is 11.7. The third-order valence-electron chi connectivity index (χ3n) is 2.98. The molecule has 1 atom stereocenters. The van der Waals surface area contributed by atoms with E-state index in [2.05, 4.69) is 15.6 Å². The van der Waals surface area contributed by atoms with Gasteiger partial charge in [0, 0.05) is 42.9 Å². The molecule has 0 saturated carbocycles. The first-order valence-corrected chi connectivity index (χ1v) is 6.24. The number of nitro benzene ring substituents is 1. The molecule has 0 spiro atoms. The lowest BCUT2D eigenvalue weighted by molar-refractivity contribution is -0.384. The van der Waals surface area contributed by atoms with E-state index in [9.17, 15) is 10.1 Å². The molecule has 6 heteroatoms. The molecule has 0 aliphatic carbocycles. The summed E-state index contributed by atoms with van der Waals surface area (Å²) in [4.78, 5) is 14.6. The van der Waals surface area contributed by atoms with Crippen molar-refractivity contribution in [1.29, 1.82) is 0 Å². The first-order chi connectivity index (χ1) is 9.60. The summed E-state index contributed by atoms with van der Waals surface area (Å²) in [5, 5.41) is 17.1. The van der Waals surface area contributed by atoms with Crippen LogP contribution in [0.25, 0.3) is 0 Å². The highest BCUT2D eigenvalue weighted by Gasteiger charge is 2.11. The molecule has 0 aliphatic heterocycles. The van der Waals surface area contributed by atoms with Crippen molar-refractivity contribution >= 4 is 17.1 Å². The molecule has 1 heterocycles. The first-order valence-electron chi connectivity index (χ1n) is 6.24. The average Bonchev–Trinajstić information content (AvgIpc) is 2.47. The van der Waals surface area contributed by atoms with E-state index >= 15 is 0 Å². The first kappa shape index (κ1) is 13.8.